The maximum Gasteiger partial charge on any atom is 0.278 e. The minimum Gasteiger partial charge on any atom is -0.468 e. The van der Waals surface area contributed by atoms with Crippen LogP contribution in [-0.4, -0.2) is 34.4 Å². The maximum atomic E-state index is 11.3. The summed E-state index contributed by atoms with van der Waals surface area (Å²) in [6.45, 7) is 2.78. The highest BCUT2D eigenvalue weighted by Gasteiger charge is 2.24. The van der Waals surface area contributed by atoms with E-state index in [1.807, 2.05) is 18.2 Å². The second-order valence-electron chi connectivity index (χ2n) is 6.82. The average Bonchev–Trinajstić information content (AvgIpc) is 3.23. The zero-order valence-electron chi connectivity index (χ0n) is 15.0. The van der Waals surface area contributed by atoms with Gasteiger partial charge in [0.25, 0.3) is 5.69 Å². The number of benzene rings is 1. The van der Waals surface area contributed by atoms with Crippen LogP contribution in [0.15, 0.2) is 53.4 Å². The summed E-state index contributed by atoms with van der Waals surface area (Å²) in [5, 5.41) is 16.1. The molecule has 0 amide bonds. The van der Waals surface area contributed by atoms with Crippen LogP contribution in [0.25, 0.3) is 10.8 Å². The van der Waals surface area contributed by atoms with Gasteiger partial charge in [0.2, 0.25) is 0 Å². The molecule has 0 aliphatic carbocycles. The lowest BCUT2D eigenvalue weighted by Gasteiger charge is -2.33. The molecule has 1 fully saturated rings. The summed E-state index contributed by atoms with van der Waals surface area (Å²) in [7, 11) is 0. The Labute approximate surface area is 157 Å². The predicted octanol–water partition coefficient (Wildman–Crippen LogP) is 4.38. The van der Waals surface area contributed by atoms with Gasteiger partial charge in [0.05, 0.1) is 22.6 Å². The molecule has 7 nitrogen and oxygen atoms in total. The molecule has 0 radical (unpaired) electrons. The summed E-state index contributed by atoms with van der Waals surface area (Å²) in [5.74, 6) is 0.942. The molecule has 1 aromatic carbocycles. The Balaban J connectivity index is 1.61. The standard InChI is InChI=1S/C20H22N4O3/c25-24(26)18-7-6-17(15-8-9-21-13-16(15)18)22-14-19(20-5-4-12-27-20)23-10-2-1-3-11-23/h4-9,12-13,19,22H,1-3,10-11,14H2/t19-/m1/s1. The van der Waals surface area contributed by atoms with Crippen molar-refractivity contribution in [1.29, 1.82) is 0 Å². The quantitative estimate of drug-likeness (QED) is 0.515. The number of hydrogen-bond acceptors (Lipinski definition) is 6. The number of aromatic nitrogens is 1. The number of piperidine rings is 1. The van der Waals surface area contributed by atoms with E-state index in [1.165, 1.54) is 25.3 Å². The summed E-state index contributed by atoms with van der Waals surface area (Å²) in [6.07, 6.45) is 8.58. The number of fused-ring (bicyclic) bond motifs is 1. The minimum absolute atomic E-state index is 0.0715. The van der Waals surface area contributed by atoms with Crippen molar-refractivity contribution in [3.63, 3.8) is 0 Å². The number of nitro benzene ring substituents is 1. The lowest BCUT2D eigenvalue weighted by molar-refractivity contribution is -0.383. The van der Waals surface area contributed by atoms with Gasteiger partial charge in [0, 0.05) is 36.1 Å². The molecule has 0 unspecified atom stereocenters. The van der Waals surface area contributed by atoms with Gasteiger partial charge in [-0.3, -0.25) is 20.0 Å². The van der Waals surface area contributed by atoms with E-state index in [4.69, 9.17) is 4.42 Å². The van der Waals surface area contributed by atoms with Crippen LogP contribution in [-0.2, 0) is 0 Å². The number of furan rings is 1. The highest BCUT2D eigenvalue weighted by molar-refractivity contribution is 5.99. The Kier molecular flexibility index (Phi) is 5.02. The summed E-state index contributed by atoms with van der Waals surface area (Å²) >= 11 is 0. The van der Waals surface area contributed by atoms with Gasteiger partial charge in [-0.25, -0.2) is 0 Å². The van der Waals surface area contributed by atoms with Crippen LogP contribution in [0.3, 0.4) is 0 Å². The number of hydrogen-bond donors (Lipinski definition) is 1. The second-order valence-corrected chi connectivity index (χ2v) is 6.82. The highest BCUT2D eigenvalue weighted by Crippen LogP contribution is 2.32. The van der Waals surface area contributed by atoms with Crippen LogP contribution in [0.1, 0.15) is 31.1 Å². The number of non-ortho nitro benzene ring substituents is 1. The molecule has 140 valence electrons. The molecule has 3 heterocycles. The smallest absolute Gasteiger partial charge is 0.278 e. The number of nitro groups is 1. The summed E-state index contributed by atoms with van der Waals surface area (Å²) < 4.78 is 5.69. The molecule has 3 aromatic rings. The molecule has 7 heteroatoms. The first-order chi connectivity index (χ1) is 13.2. The SMILES string of the molecule is O=[N+]([O-])c1ccc(NC[C@H](c2ccco2)N2CCCCC2)c2ccncc12. The van der Waals surface area contributed by atoms with Crippen molar-refractivity contribution in [3.05, 3.63) is 64.9 Å². The molecule has 0 saturated carbocycles. The largest absolute Gasteiger partial charge is 0.468 e. The van der Waals surface area contributed by atoms with Crippen molar-refractivity contribution in [3.8, 4) is 0 Å². The number of nitrogens with zero attached hydrogens (tertiary/aromatic N) is 3. The topological polar surface area (TPSA) is 84.4 Å². The Morgan fingerprint density at radius 2 is 2.04 bits per heavy atom. The molecule has 1 aliphatic rings. The van der Waals surface area contributed by atoms with Crippen LogP contribution in [0.4, 0.5) is 11.4 Å². The third-order valence-corrected chi connectivity index (χ3v) is 5.18. The molecule has 1 saturated heterocycles. The third kappa shape index (κ3) is 3.64. The summed E-state index contributed by atoms with van der Waals surface area (Å²) in [6, 6.07) is 9.18. The van der Waals surface area contributed by atoms with Crippen molar-refractivity contribution in [2.45, 2.75) is 25.3 Å². The molecule has 2 aromatic heterocycles. The van der Waals surface area contributed by atoms with Gasteiger partial charge in [0.15, 0.2) is 0 Å². The van der Waals surface area contributed by atoms with Crippen molar-refractivity contribution >= 4 is 22.1 Å². The van der Waals surface area contributed by atoms with Gasteiger partial charge >= 0.3 is 0 Å². The molecule has 0 spiro atoms. The van der Waals surface area contributed by atoms with Crippen LogP contribution in [0.2, 0.25) is 0 Å². The van der Waals surface area contributed by atoms with Gasteiger partial charge in [-0.1, -0.05) is 6.42 Å². The van der Waals surface area contributed by atoms with Gasteiger partial charge < -0.3 is 9.73 Å². The van der Waals surface area contributed by atoms with E-state index in [0.29, 0.717) is 11.9 Å². The van der Waals surface area contributed by atoms with Crippen molar-refractivity contribution in [1.82, 2.24) is 9.88 Å². The number of rotatable bonds is 6. The van der Waals surface area contributed by atoms with Gasteiger partial charge in [-0.15, -0.1) is 0 Å². The molecule has 4 rings (SSSR count). The minimum atomic E-state index is -0.368. The Hall–Kier alpha value is -2.93. The van der Waals surface area contributed by atoms with E-state index in [2.05, 4.69) is 15.2 Å². The van der Waals surface area contributed by atoms with Crippen molar-refractivity contribution in [2.75, 3.05) is 25.0 Å². The van der Waals surface area contributed by atoms with Crippen LogP contribution >= 0.6 is 0 Å². The zero-order valence-corrected chi connectivity index (χ0v) is 15.0. The van der Waals surface area contributed by atoms with Crippen molar-refractivity contribution < 1.29 is 9.34 Å². The number of nitrogens with one attached hydrogen (secondary N) is 1. The van der Waals surface area contributed by atoms with E-state index in [0.717, 1.165) is 29.9 Å². The molecular weight excluding hydrogens is 344 g/mol. The highest BCUT2D eigenvalue weighted by atomic mass is 16.6. The second kappa shape index (κ2) is 7.75. The van der Waals surface area contributed by atoms with Crippen molar-refractivity contribution in [2.24, 2.45) is 0 Å². The fourth-order valence-electron chi connectivity index (χ4n) is 3.82. The van der Waals surface area contributed by atoms with Crippen LogP contribution in [0, 0.1) is 10.1 Å². The Morgan fingerprint density at radius 1 is 1.19 bits per heavy atom. The van der Waals surface area contributed by atoms with E-state index >= 15 is 0 Å². The summed E-state index contributed by atoms with van der Waals surface area (Å²) in [5.41, 5.74) is 0.939. The fourth-order valence-corrected chi connectivity index (χ4v) is 3.82. The third-order valence-electron chi connectivity index (χ3n) is 5.18. The number of pyridine rings is 1. The van der Waals surface area contributed by atoms with Crippen LogP contribution in [0.5, 0.6) is 0 Å². The number of likely N-dealkylation sites (tertiary alicyclic amines) is 1. The molecule has 27 heavy (non-hydrogen) atoms. The van der Waals surface area contributed by atoms with E-state index < -0.39 is 0 Å². The first-order valence-electron chi connectivity index (χ1n) is 9.26. The normalized spacial score (nSPS) is 16.3. The van der Waals surface area contributed by atoms with Gasteiger partial charge in [0.1, 0.15) is 5.76 Å². The molecule has 1 atom stereocenters. The van der Waals surface area contributed by atoms with E-state index in [9.17, 15) is 10.1 Å². The number of anilines is 1. The first kappa shape index (κ1) is 17.5. The van der Waals surface area contributed by atoms with Crippen LogP contribution < -0.4 is 5.32 Å². The zero-order chi connectivity index (χ0) is 18.6. The van der Waals surface area contributed by atoms with E-state index in [1.54, 1.807) is 24.7 Å². The fraction of sp³-hybridized carbons (Fsp3) is 0.350. The summed E-state index contributed by atoms with van der Waals surface area (Å²) in [4.78, 5) is 17.4. The Morgan fingerprint density at radius 3 is 2.78 bits per heavy atom. The predicted molar refractivity (Wildman–Crippen MR) is 104 cm³/mol. The molecule has 1 aliphatic heterocycles. The van der Waals surface area contributed by atoms with Gasteiger partial charge in [-0.2, -0.15) is 0 Å². The van der Waals surface area contributed by atoms with Gasteiger partial charge in [-0.05, 0) is 50.2 Å². The first-order valence-corrected chi connectivity index (χ1v) is 9.26. The monoisotopic (exact) mass is 366 g/mol. The molecule has 0 bridgehead atoms. The van der Waals surface area contributed by atoms with E-state index in [-0.39, 0.29) is 16.7 Å². The molecule has 1 N–H and O–H groups in total. The lowest BCUT2D eigenvalue weighted by Crippen LogP contribution is -2.37. The maximum absolute atomic E-state index is 11.3. The Bertz CT molecular complexity index is 920. The average molecular weight is 366 g/mol. The lowest BCUT2D eigenvalue weighted by atomic mass is 10.1. The molecular formula is C20H22N4O3.